The van der Waals surface area contributed by atoms with Crippen LogP contribution in [-0.2, 0) is 15.9 Å². The zero-order valence-corrected chi connectivity index (χ0v) is 18.5. The van der Waals surface area contributed by atoms with Crippen LogP contribution in [0.3, 0.4) is 0 Å². The van der Waals surface area contributed by atoms with E-state index in [0.717, 1.165) is 70.0 Å². The fourth-order valence-electron chi connectivity index (χ4n) is 3.23. The summed E-state index contributed by atoms with van der Waals surface area (Å²) in [5.74, 6) is 1.76. The molecular formula is C22H38N4O4. The quantitative estimate of drug-likeness (QED) is 0.306. The van der Waals surface area contributed by atoms with Crippen LogP contribution in [0.25, 0.3) is 0 Å². The molecule has 0 unspecified atom stereocenters. The van der Waals surface area contributed by atoms with E-state index in [0.29, 0.717) is 26.2 Å². The zero-order valence-electron chi connectivity index (χ0n) is 18.5. The molecule has 1 fully saturated rings. The second kappa shape index (κ2) is 14.7. The lowest BCUT2D eigenvalue weighted by molar-refractivity contribution is 0.0963. The summed E-state index contributed by atoms with van der Waals surface area (Å²) >= 11 is 0. The van der Waals surface area contributed by atoms with E-state index in [2.05, 4.69) is 17.6 Å². The molecule has 0 aromatic carbocycles. The molecule has 1 amide bonds. The Labute approximate surface area is 180 Å². The number of ether oxygens (including phenoxy) is 2. The lowest BCUT2D eigenvalue weighted by Crippen LogP contribution is -2.50. The number of aliphatic imine (C=N–C) groups is 1. The van der Waals surface area contributed by atoms with Crippen molar-refractivity contribution in [1.82, 2.24) is 15.5 Å². The van der Waals surface area contributed by atoms with Gasteiger partial charge >= 0.3 is 6.09 Å². The second-order valence-electron chi connectivity index (χ2n) is 7.41. The normalized spacial score (nSPS) is 15.3. The van der Waals surface area contributed by atoms with Gasteiger partial charge in [0.05, 0.1) is 12.9 Å². The van der Waals surface area contributed by atoms with Crippen molar-refractivity contribution in [2.45, 2.75) is 58.4 Å². The van der Waals surface area contributed by atoms with Gasteiger partial charge in [-0.15, -0.1) is 0 Å². The van der Waals surface area contributed by atoms with Crippen molar-refractivity contribution in [2.75, 3.05) is 46.0 Å². The summed E-state index contributed by atoms with van der Waals surface area (Å²) in [5.41, 5.74) is 0. The number of guanidine groups is 1. The molecule has 0 atom stereocenters. The van der Waals surface area contributed by atoms with Gasteiger partial charge in [0.15, 0.2) is 5.96 Å². The Balaban J connectivity index is 1.76. The monoisotopic (exact) mass is 422 g/mol. The number of hydrogen-bond donors (Lipinski definition) is 2. The first kappa shape index (κ1) is 24.1. The molecule has 0 bridgehead atoms. The number of carbonyl (C=O) groups excluding carboxylic acids is 1. The van der Waals surface area contributed by atoms with Gasteiger partial charge in [-0.1, -0.05) is 13.3 Å². The summed E-state index contributed by atoms with van der Waals surface area (Å²) in [7, 11) is 0. The minimum absolute atomic E-state index is 0.218. The maximum Gasteiger partial charge on any atom is 0.409 e. The largest absolute Gasteiger partial charge is 0.469 e. The fraction of sp³-hybridized carbons (Fsp3) is 0.727. The molecule has 0 radical (unpaired) electrons. The molecule has 30 heavy (non-hydrogen) atoms. The molecule has 1 saturated heterocycles. The smallest absolute Gasteiger partial charge is 0.409 e. The molecular weight excluding hydrogens is 384 g/mol. The summed E-state index contributed by atoms with van der Waals surface area (Å²) in [6.45, 7) is 8.82. The van der Waals surface area contributed by atoms with Crippen molar-refractivity contribution < 1.29 is 18.7 Å². The highest BCUT2D eigenvalue weighted by molar-refractivity contribution is 5.80. The van der Waals surface area contributed by atoms with Crippen LogP contribution < -0.4 is 10.6 Å². The van der Waals surface area contributed by atoms with Crippen LogP contribution in [0, 0.1) is 0 Å². The summed E-state index contributed by atoms with van der Waals surface area (Å²) in [6, 6.07) is 4.16. The van der Waals surface area contributed by atoms with Crippen LogP contribution in [0.2, 0.25) is 0 Å². The number of rotatable bonds is 12. The third-order valence-electron chi connectivity index (χ3n) is 4.96. The number of carbonyl (C=O) groups is 1. The van der Waals surface area contributed by atoms with E-state index >= 15 is 0 Å². The van der Waals surface area contributed by atoms with E-state index in [4.69, 9.17) is 18.9 Å². The third-order valence-corrected chi connectivity index (χ3v) is 4.96. The molecule has 8 heteroatoms. The molecule has 0 spiro atoms. The molecule has 8 nitrogen and oxygen atoms in total. The summed E-state index contributed by atoms with van der Waals surface area (Å²) in [4.78, 5) is 18.4. The van der Waals surface area contributed by atoms with Gasteiger partial charge in [-0.2, -0.15) is 0 Å². The number of piperidine rings is 1. The number of hydrogen-bond acceptors (Lipinski definition) is 5. The van der Waals surface area contributed by atoms with Crippen molar-refractivity contribution in [3.05, 3.63) is 24.2 Å². The van der Waals surface area contributed by atoms with Gasteiger partial charge in [-0.05, 0) is 44.7 Å². The molecule has 1 aromatic rings. The van der Waals surface area contributed by atoms with Crippen LogP contribution in [0.5, 0.6) is 0 Å². The van der Waals surface area contributed by atoms with Gasteiger partial charge in [0.2, 0.25) is 0 Å². The van der Waals surface area contributed by atoms with Gasteiger partial charge in [0, 0.05) is 51.9 Å². The standard InChI is InChI=1S/C22H38N4O4/c1-3-5-16-28-17-7-12-23-21(24-13-9-20-8-6-18-30-20)25-19-10-14-26(15-11-19)22(27)29-4-2/h6,8,18-19H,3-5,7,9-17H2,1-2H3,(H2,23,24,25). The first-order valence-electron chi connectivity index (χ1n) is 11.3. The van der Waals surface area contributed by atoms with Crippen molar-refractivity contribution in [3.63, 3.8) is 0 Å². The maximum absolute atomic E-state index is 11.9. The topological polar surface area (TPSA) is 88.3 Å². The van der Waals surface area contributed by atoms with Gasteiger partial charge < -0.3 is 29.4 Å². The number of nitrogens with zero attached hydrogens (tertiary/aromatic N) is 2. The molecule has 1 aliphatic heterocycles. The van der Waals surface area contributed by atoms with E-state index in [1.165, 1.54) is 0 Å². The zero-order chi connectivity index (χ0) is 21.4. The van der Waals surface area contributed by atoms with Crippen LogP contribution in [0.1, 0.15) is 51.7 Å². The van der Waals surface area contributed by atoms with Crippen LogP contribution in [0.4, 0.5) is 4.79 Å². The first-order chi connectivity index (χ1) is 14.7. The van der Waals surface area contributed by atoms with E-state index < -0.39 is 0 Å². The molecule has 1 aliphatic rings. The van der Waals surface area contributed by atoms with Gasteiger partial charge in [-0.3, -0.25) is 4.99 Å². The van der Waals surface area contributed by atoms with E-state index in [1.54, 1.807) is 11.2 Å². The molecule has 2 rings (SSSR count). The molecule has 2 heterocycles. The fourth-order valence-corrected chi connectivity index (χ4v) is 3.23. The summed E-state index contributed by atoms with van der Waals surface area (Å²) in [5, 5.41) is 6.93. The van der Waals surface area contributed by atoms with E-state index in [9.17, 15) is 4.79 Å². The number of furan rings is 1. The number of likely N-dealkylation sites (tertiary alicyclic amines) is 1. The first-order valence-corrected chi connectivity index (χ1v) is 11.3. The Hall–Kier alpha value is -2.22. The van der Waals surface area contributed by atoms with Crippen molar-refractivity contribution in [3.8, 4) is 0 Å². The Morgan fingerprint density at radius 1 is 1.27 bits per heavy atom. The van der Waals surface area contributed by atoms with E-state index in [-0.39, 0.29) is 12.1 Å². The average Bonchev–Trinajstić information content (AvgIpc) is 3.27. The van der Waals surface area contributed by atoms with E-state index in [1.807, 2.05) is 19.1 Å². The molecule has 170 valence electrons. The SMILES string of the molecule is CCCCOCCCN=C(NCCc1ccco1)NC1CCN(C(=O)OCC)CC1. The predicted molar refractivity (Wildman–Crippen MR) is 118 cm³/mol. The van der Waals surface area contributed by atoms with Crippen LogP contribution >= 0.6 is 0 Å². The number of unbranched alkanes of at least 4 members (excludes halogenated alkanes) is 1. The maximum atomic E-state index is 11.9. The Morgan fingerprint density at radius 3 is 2.77 bits per heavy atom. The molecule has 0 aliphatic carbocycles. The number of nitrogens with one attached hydrogen (secondary N) is 2. The van der Waals surface area contributed by atoms with Gasteiger partial charge in [-0.25, -0.2) is 4.79 Å². The molecule has 0 saturated carbocycles. The van der Waals surface area contributed by atoms with Crippen LogP contribution in [0.15, 0.2) is 27.8 Å². The Morgan fingerprint density at radius 2 is 2.07 bits per heavy atom. The van der Waals surface area contributed by atoms with Crippen LogP contribution in [-0.4, -0.2) is 69.0 Å². The highest BCUT2D eigenvalue weighted by atomic mass is 16.6. The average molecular weight is 423 g/mol. The lowest BCUT2D eigenvalue weighted by atomic mass is 10.1. The van der Waals surface area contributed by atoms with Gasteiger partial charge in [0.25, 0.3) is 0 Å². The minimum Gasteiger partial charge on any atom is -0.469 e. The highest BCUT2D eigenvalue weighted by Crippen LogP contribution is 2.11. The lowest BCUT2D eigenvalue weighted by Gasteiger charge is -2.32. The number of amides is 1. The highest BCUT2D eigenvalue weighted by Gasteiger charge is 2.24. The van der Waals surface area contributed by atoms with Crippen molar-refractivity contribution >= 4 is 12.1 Å². The van der Waals surface area contributed by atoms with Crippen molar-refractivity contribution in [1.29, 1.82) is 0 Å². The molecule has 2 N–H and O–H groups in total. The van der Waals surface area contributed by atoms with Crippen molar-refractivity contribution in [2.24, 2.45) is 4.99 Å². The molecule has 1 aromatic heterocycles. The Kier molecular flexibility index (Phi) is 11.8. The second-order valence-corrected chi connectivity index (χ2v) is 7.41. The summed E-state index contributed by atoms with van der Waals surface area (Å²) in [6.07, 6.45) is 7.18. The predicted octanol–water partition coefficient (Wildman–Crippen LogP) is 3.19. The third kappa shape index (κ3) is 9.52. The minimum atomic E-state index is -0.218. The summed E-state index contributed by atoms with van der Waals surface area (Å²) < 4.78 is 16.1. The van der Waals surface area contributed by atoms with Gasteiger partial charge in [0.1, 0.15) is 5.76 Å². The Bertz CT molecular complexity index is 598.